The Balaban J connectivity index is 1.81. The number of carbonyl (C=O) groups is 2. The lowest BCUT2D eigenvalue weighted by Crippen LogP contribution is -2.43. The third-order valence-corrected chi connectivity index (χ3v) is 5.29. The third kappa shape index (κ3) is 3.99. The molecule has 0 spiro atoms. The Bertz CT molecular complexity index is 921. The van der Waals surface area contributed by atoms with E-state index in [0.717, 1.165) is 0 Å². The minimum Gasteiger partial charge on any atom is -0.490 e. The Morgan fingerprint density at radius 2 is 2.00 bits per heavy atom. The van der Waals surface area contributed by atoms with E-state index < -0.39 is 11.5 Å². The first-order chi connectivity index (χ1) is 12.7. The van der Waals surface area contributed by atoms with E-state index in [1.165, 1.54) is 11.8 Å². The molecule has 1 unspecified atom stereocenters. The average Bonchev–Trinajstić information content (AvgIpc) is 2.77. The maximum absolute atomic E-state index is 12.9. The lowest BCUT2D eigenvalue weighted by molar-refractivity contribution is -0.141. The van der Waals surface area contributed by atoms with Gasteiger partial charge in [-0.05, 0) is 43.3 Å². The molecule has 2 aromatic rings. The summed E-state index contributed by atoms with van der Waals surface area (Å²) in [7, 11) is 0. The number of rotatable bonds is 6. The van der Waals surface area contributed by atoms with Gasteiger partial charge in [-0.15, -0.1) is 0 Å². The Labute approximate surface area is 175 Å². The van der Waals surface area contributed by atoms with Gasteiger partial charge in [0.05, 0.1) is 17.3 Å². The lowest BCUT2D eigenvalue weighted by atomic mass is 9.90. The Kier molecular flexibility index (Phi) is 5.82. The van der Waals surface area contributed by atoms with Crippen molar-refractivity contribution in [1.29, 1.82) is 0 Å². The second-order valence-electron chi connectivity index (χ2n) is 6.28. The van der Waals surface area contributed by atoms with Crippen molar-refractivity contribution in [2.24, 2.45) is 0 Å². The molecule has 142 valence electrons. The fourth-order valence-corrected chi connectivity index (χ4v) is 3.94. The van der Waals surface area contributed by atoms with Crippen molar-refractivity contribution < 1.29 is 19.4 Å². The van der Waals surface area contributed by atoms with E-state index in [1.807, 2.05) is 0 Å². The molecule has 5 nitrogen and oxygen atoms in total. The first-order valence-corrected chi connectivity index (χ1v) is 9.69. The molecule has 0 radical (unpaired) electrons. The molecule has 1 aliphatic rings. The average molecular weight is 473 g/mol. The van der Waals surface area contributed by atoms with Gasteiger partial charge in [0.15, 0.2) is 5.60 Å². The molecule has 1 atom stereocenters. The SMILES string of the molecule is CC(=O)CC1(O)C(=O)N(CCOc2ccc(Cl)cc2Cl)c2ccc(Br)cc21. The van der Waals surface area contributed by atoms with Gasteiger partial charge in [0, 0.05) is 21.5 Å². The first-order valence-electron chi connectivity index (χ1n) is 8.14. The van der Waals surface area contributed by atoms with E-state index in [-0.39, 0.29) is 25.4 Å². The van der Waals surface area contributed by atoms with E-state index in [4.69, 9.17) is 27.9 Å². The van der Waals surface area contributed by atoms with Crippen molar-refractivity contribution in [1.82, 2.24) is 0 Å². The van der Waals surface area contributed by atoms with Gasteiger partial charge in [-0.3, -0.25) is 9.59 Å². The molecule has 0 aliphatic carbocycles. The van der Waals surface area contributed by atoms with E-state index in [1.54, 1.807) is 36.4 Å². The number of hydrogen-bond acceptors (Lipinski definition) is 4. The number of aliphatic hydroxyl groups is 1. The molecule has 1 amide bonds. The van der Waals surface area contributed by atoms with Crippen LogP contribution < -0.4 is 9.64 Å². The maximum Gasteiger partial charge on any atom is 0.264 e. The molecule has 1 heterocycles. The number of benzene rings is 2. The van der Waals surface area contributed by atoms with Crippen molar-refractivity contribution in [3.8, 4) is 5.75 Å². The fourth-order valence-electron chi connectivity index (χ4n) is 3.12. The molecule has 0 bridgehead atoms. The quantitative estimate of drug-likeness (QED) is 0.678. The van der Waals surface area contributed by atoms with E-state index in [0.29, 0.717) is 31.5 Å². The van der Waals surface area contributed by atoms with Gasteiger partial charge in [-0.2, -0.15) is 0 Å². The summed E-state index contributed by atoms with van der Waals surface area (Å²) in [6.07, 6.45) is -0.282. The van der Waals surface area contributed by atoms with Crippen molar-refractivity contribution in [3.05, 3.63) is 56.5 Å². The zero-order chi connectivity index (χ0) is 19.8. The zero-order valence-electron chi connectivity index (χ0n) is 14.3. The second kappa shape index (κ2) is 7.80. The van der Waals surface area contributed by atoms with Crippen LogP contribution in [0, 0.1) is 0 Å². The Hall–Kier alpha value is -1.60. The Morgan fingerprint density at radius 1 is 1.26 bits per heavy atom. The molecule has 0 fully saturated rings. The number of anilines is 1. The van der Waals surface area contributed by atoms with E-state index in [9.17, 15) is 14.7 Å². The van der Waals surface area contributed by atoms with Crippen LogP contribution in [-0.2, 0) is 15.2 Å². The highest BCUT2D eigenvalue weighted by atomic mass is 79.9. The highest BCUT2D eigenvalue weighted by Crippen LogP contribution is 2.43. The number of halogens is 3. The summed E-state index contributed by atoms with van der Waals surface area (Å²) in [6.45, 7) is 1.68. The van der Waals surface area contributed by atoms with Crippen molar-refractivity contribution >= 4 is 56.5 Å². The number of fused-ring (bicyclic) bond motifs is 1. The van der Waals surface area contributed by atoms with Gasteiger partial charge in [-0.25, -0.2) is 0 Å². The third-order valence-electron chi connectivity index (χ3n) is 4.27. The van der Waals surface area contributed by atoms with Crippen molar-refractivity contribution in [3.63, 3.8) is 0 Å². The smallest absolute Gasteiger partial charge is 0.264 e. The van der Waals surface area contributed by atoms with Crippen LogP contribution in [0.3, 0.4) is 0 Å². The van der Waals surface area contributed by atoms with Crippen molar-refractivity contribution in [2.75, 3.05) is 18.1 Å². The van der Waals surface area contributed by atoms with Crippen LogP contribution in [0.15, 0.2) is 40.9 Å². The fraction of sp³-hybridized carbons (Fsp3) is 0.263. The van der Waals surface area contributed by atoms with Crippen LogP contribution in [0.1, 0.15) is 18.9 Å². The maximum atomic E-state index is 12.9. The number of ether oxygens (including phenoxy) is 1. The molecule has 1 N–H and O–H groups in total. The summed E-state index contributed by atoms with van der Waals surface area (Å²) < 4.78 is 6.36. The van der Waals surface area contributed by atoms with Crippen molar-refractivity contribution in [2.45, 2.75) is 18.9 Å². The summed E-state index contributed by atoms with van der Waals surface area (Å²) >= 11 is 15.3. The molecule has 2 aromatic carbocycles. The summed E-state index contributed by atoms with van der Waals surface area (Å²) in [4.78, 5) is 25.9. The van der Waals surface area contributed by atoms with Crippen LogP contribution in [0.5, 0.6) is 5.75 Å². The number of hydrogen-bond donors (Lipinski definition) is 1. The van der Waals surface area contributed by atoms with Gasteiger partial charge in [-0.1, -0.05) is 39.1 Å². The zero-order valence-corrected chi connectivity index (χ0v) is 17.4. The summed E-state index contributed by atoms with van der Waals surface area (Å²) in [6, 6.07) is 10.0. The van der Waals surface area contributed by atoms with E-state index in [2.05, 4.69) is 15.9 Å². The largest absolute Gasteiger partial charge is 0.490 e. The minimum atomic E-state index is -1.87. The van der Waals surface area contributed by atoms with Crippen LogP contribution in [0.2, 0.25) is 10.0 Å². The number of nitrogens with zero attached hydrogens (tertiary/aromatic N) is 1. The molecular formula is C19H16BrCl2NO4. The summed E-state index contributed by atoms with van der Waals surface area (Å²) in [5, 5.41) is 11.8. The number of Topliss-reactive ketones (excluding diaryl/α,β-unsaturated/α-hetero) is 1. The lowest BCUT2D eigenvalue weighted by Gasteiger charge is -2.22. The second-order valence-corrected chi connectivity index (χ2v) is 8.04. The van der Waals surface area contributed by atoms with E-state index >= 15 is 0 Å². The normalized spacial score (nSPS) is 18.6. The number of ketones is 1. The topological polar surface area (TPSA) is 66.8 Å². The van der Waals surface area contributed by atoms with Crippen LogP contribution in [-0.4, -0.2) is 29.9 Å². The molecule has 0 aromatic heterocycles. The highest BCUT2D eigenvalue weighted by Gasteiger charge is 2.50. The van der Waals surface area contributed by atoms with Gasteiger partial charge >= 0.3 is 0 Å². The van der Waals surface area contributed by atoms with Crippen LogP contribution in [0.4, 0.5) is 5.69 Å². The summed E-state index contributed by atoms with van der Waals surface area (Å²) in [5.41, 5.74) is -0.914. The van der Waals surface area contributed by atoms with Gasteiger partial charge < -0.3 is 14.7 Å². The predicted octanol–water partition coefficient (Wildman–Crippen LogP) is 4.35. The molecule has 3 rings (SSSR count). The first kappa shape index (κ1) is 20.1. The molecule has 1 aliphatic heterocycles. The minimum absolute atomic E-state index is 0.152. The molecule has 27 heavy (non-hydrogen) atoms. The molecular weight excluding hydrogens is 457 g/mol. The number of amides is 1. The van der Waals surface area contributed by atoms with Gasteiger partial charge in [0.1, 0.15) is 18.1 Å². The predicted molar refractivity (Wildman–Crippen MR) is 108 cm³/mol. The monoisotopic (exact) mass is 471 g/mol. The molecule has 8 heteroatoms. The molecule has 0 saturated heterocycles. The van der Waals surface area contributed by atoms with Crippen LogP contribution >= 0.6 is 39.1 Å². The van der Waals surface area contributed by atoms with Gasteiger partial charge in [0.2, 0.25) is 0 Å². The highest BCUT2D eigenvalue weighted by molar-refractivity contribution is 9.10. The Morgan fingerprint density at radius 3 is 2.67 bits per heavy atom. The van der Waals surface area contributed by atoms with Gasteiger partial charge in [0.25, 0.3) is 5.91 Å². The summed E-state index contributed by atoms with van der Waals surface area (Å²) in [5.74, 6) is -0.373. The number of carbonyl (C=O) groups excluding carboxylic acids is 2. The molecule has 0 saturated carbocycles. The van der Waals surface area contributed by atoms with Crippen LogP contribution in [0.25, 0.3) is 0 Å². The standard InChI is InChI=1S/C19H16BrCl2NO4/c1-11(24)10-19(26)14-8-12(20)2-4-16(14)23(18(19)25)6-7-27-17-5-3-13(21)9-15(17)22/h2-5,8-9,26H,6-7,10H2,1H3.